The second-order valence-electron chi connectivity index (χ2n) is 3.96. The van der Waals surface area contributed by atoms with Gasteiger partial charge in [-0.15, -0.1) is 10.2 Å². The van der Waals surface area contributed by atoms with Crippen molar-refractivity contribution in [1.82, 2.24) is 10.2 Å². The molecule has 5 nitrogen and oxygen atoms in total. The summed E-state index contributed by atoms with van der Waals surface area (Å²) in [5, 5.41) is 11.6. The molecule has 0 saturated carbocycles. The molecule has 1 aromatic carbocycles. The molecule has 0 aliphatic carbocycles. The van der Waals surface area contributed by atoms with Crippen LogP contribution in [0.2, 0.25) is 0 Å². The third-order valence-corrected chi connectivity index (χ3v) is 3.20. The van der Waals surface area contributed by atoms with E-state index in [9.17, 15) is 4.79 Å². The fourth-order valence-electron chi connectivity index (χ4n) is 1.51. The summed E-state index contributed by atoms with van der Waals surface area (Å²) in [4.78, 5) is 11.7. The summed E-state index contributed by atoms with van der Waals surface area (Å²) in [6.07, 6.45) is 0.938. The molecule has 19 heavy (non-hydrogen) atoms. The molecule has 0 spiro atoms. The lowest BCUT2D eigenvalue weighted by atomic mass is 10.2. The predicted octanol–water partition coefficient (Wildman–Crippen LogP) is 2.43. The second kappa shape index (κ2) is 6.29. The smallest absolute Gasteiger partial charge is 0.264 e. The number of benzene rings is 1. The van der Waals surface area contributed by atoms with Gasteiger partial charge in [0.2, 0.25) is 5.13 Å². The van der Waals surface area contributed by atoms with E-state index >= 15 is 0 Å². The van der Waals surface area contributed by atoms with Crippen molar-refractivity contribution in [3.05, 3.63) is 34.8 Å². The van der Waals surface area contributed by atoms with Crippen LogP contribution in [0.5, 0.6) is 5.75 Å². The number of aryl methyl sites for hydroxylation is 2. The summed E-state index contributed by atoms with van der Waals surface area (Å²) in [6, 6.07) is 7.71. The SMILES string of the molecule is CCc1cccc(OCC(=O)Nc2nnc(C)s2)c1. The van der Waals surface area contributed by atoms with E-state index in [1.54, 1.807) is 0 Å². The van der Waals surface area contributed by atoms with Crippen LogP contribution in [-0.4, -0.2) is 22.7 Å². The molecule has 6 heteroatoms. The Morgan fingerprint density at radius 1 is 1.42 bits per heavy atom. The van der Waals surface area contributed by atoms with Gasteiger partial charge in [0.15, 0.2) is 6.61 Å². The minimum absolute atomic E-state index is 0.0359. The second-order valence-corrected chi connectivity index (χ2v) is 5.15. The third-order valence-electron chi connectivity index (χ3n) is 2.45. The molecular weight excluding hydrogens is 262 g/mol. The summed E-state index contributed by atoms with van der Waals surface area (Å²) in [5.41, 5.74) is 1.18. The first-order valence-corrected chi connectivity index (χ1v) is 6.80. The van der Waals surface area contributed by atoms with E-state index < -0.39 is 0 Å². The first-order chi connectivity index (χ1) is 9.17. The minimum atomic E-state index is -0.238. The van der Waals surface area contributed by atoms with E-state index in [0.717, 1.165) is 11.4 Å². The summed E-state index contributed by atoms with van der Waals surface area (Å²) in [6.45, 7) is 3.87. The lowest BCUT2D eigenvalue weighted by Crippen LogP contribution is -2.20. The molecular formula is C13H15N3O2S. The molecule has 0 aliphatic heterocycles. The van der Waals surface area contributed by atoms with Crippen LogP contribution in [-0.2, 0) is 11.2 Å². The van der Waals surface area contributed by atoms with Crippen molar-refractivity contribution in [3.63, 3.8) is 0 Å². The number of nitrogens with zero attached hydrogens (tertiary/aromatic N) is 2. The largest absolute Gasteiger partial charge is 0.484 e. The maximum absolute atomic E-state index is 11.7. The molecule has 1 aromatic heterocycles. The molecule has 1 heterocycles. The lowest BCUT2D eigenvalue weighted by molar-refractivity contribution is -0.118. The number of hydrogen-bond donors (Lipinski definition) is 1. The highest BCUT2D eigenvalue weighted by atomic mass is 32.1. The highest BCUT2D eigenvalue weighted by Crippen LogP contribution is 2.15. The van der Waals surface area contributed by atoms with Crippen molar-refractivity contribution in [2.45, 2.75) is 20.3 Å². The minimum Gasteiger partial charge on any atom is -0.484 e. The Hall–Kier alpha value is -1.95. The van der Waals surface area contributed by atoms with E-state index in [0.29, 0.717) is 10.9 Å². The average molecular weight is 277 g/mol. The van der Waals surface area contributed by atoms with Crippen LogP contribution in [0.15, 0.2) is 24.3 Å². The lowest BCUT2D eigenvalue weighted by Gasteiger charge is -2.06. The van der Waals surface area contributed by atoms with E-state index in [1.165, 1.54) is 16.9 Å². The highest BCUT2D eigenvalue weighted by Gasteiger charge is 2.07. The van der Waals surface area contributed by atoms with Gasteiger partial charge in [-0.2, -0.15) is 0 Å². The number of rotatable bonds is 5. The Morgan fingerprint density at radius 2 is 2.26 bits per heavy atom. The first-order valence-electron chi connectivity index (χ1n) is 5.99. The van der Waals surface area contributed by atoms with Crippen LogP contribution < -0.4 is 10.1 Å². The number of anilines is 1. The number of amides is 1. The Kier molecular flexibility index (Phi) is 4.46. The van der Waals surface area contributed by atoms with Crippen LogP contribution in [0.25, 0.3) is 0 Å². The molecule has 100 valence electrons. The summed E-state index contributed by atoms with van der Waals surface area (Å²) >= 11 is 1.33. The van der Waals surface area contributed by atoms with Crippen molar-refractivity contribution in [2.75, 3.05) is 11.9 Å². The van der Waals surface area contributed by atoms with Gasteiger partial charge in [-0.25, -0.2) is 0 Å². The summed E-state index contributed by atoms with van der Waals surface area (Å²) < 4.78 is 5.43. The number of hydrogen-bond acceptors (Lipinski definition) is 5. The zero-order valence-corrected chi connectivity index (χ0v) is 11.7. The number of carbonyl (C=O) groups is 1. The Labute approximate surface area is 115 Å². The van der Waals surface area contributed by atoms with Crippen molar-refractivity contribution < 1.29 is 9.53 Å². The number of ether oxygens (including phenoxy) is 1. The maximum atomic E-state index is 11.7. The quantitative estimate of drug-likeness (QED) is 0.911. The van der Waals surface area contributed by atoms with Gasteiger partial charge in [0.05, 0.1) is 0 Å². The zero-order chi connectivity index (χ0) is 13.7. The third kappa shape index (κ3) is 4.03. The van der Waals surface area contributed by atoms with Gasteiger partial charge < -0.3 is 4.74 Å². The molecule has 0 bridgehead atoms. The molecule has 1 amide bonds. The summed E-state index contributed by atoms with van der Waals surface area (Å²) in [7, 11) is 0. The predicted molar refractivity (Wildman–Crippen MR) is 74.6 cm³/mol. The van der Waals surface area contributed by atoms with Gasteiger partial charge >= 0.3 is 0 Å². The standard InChI is InChI=1S/C13H15N3O2S/c1-3-10-5-4-6-11(7-10)18-8-12(17)14-13-16-15-9(2)19-13/h4-7H,3,8H2,1-2H3,(H,14,16,17). The van der Waals surface area contributed by atoms with Crippen molar-refractivity contribution in [2.24, 2.45) is 0 Å². The molecule has 0 atom stereocenters. The Balaban J connectivity index is 1.86. The monoisotopic (exact) mass is 277 g/mol. The van der Waals surface area contributed by atoms with Gasteiger partial charge in [0.25, 0.3) is 5.91 Å². The van der Waals surface area contributed by atoms with Gasteiger partial charge in [-0.1, -0.05) is 30.4 Å². The topological polar surface area (TPSA) is 64.1 Å². The van der Waals surface area contributed by atoms with E-state index in [1.807, 2.05) is 31.2 Å². The van der Waals surface area contributed by atoms with Crippen LogP contribution in [0, 0.1) is 6.92 Å². The fourth-order valence-corrected chi connectivity index (χ4v) is 2.11. The highest BCUT2D eigenvalue weighted by molar-refractivity contribution is 7.15. The van der Waals surface area contributed by atoms with Crippen molar-refractivity contribution in [3.8, 4) is 5.75 Å². The van der Waals surface area contributed by atoms with Crippen LogP contribution in [0.4, 0.5) is 5.13 Å². The molecule has 0 saturated heterocycles. The normalized spacial score (nSPS) is 10.2. The van der Waals surface area contributed by atoms with Crippen molar-refractivity contribution >= 4 is 22.4 Å². The Morgan fingerprint density at radius 3 is 2.95 bits per heavy atom. The van der Waals surface area contributed by atoms with Crippen LogP contribution in [0.3, 0.4) is 0 Å². The average Bonchev–Trinajstić information content (AvgIpc) is 2.82. The molecule has 2 aromatic rings. The maximum Gasteiger partial charge on any atom is 0.264 e. The molecule has 0 unspecified atom stereocenters. The molecule has 0 aliphatic rings. The number of carbonyl (C=O) groups excluding carboxylic acids is 1. The molecule has 0 radical (unpaired) electrons. The van der Waals surface area contributed by atoms with Crippen molar-refractivity contribution in [1.29, 1.82) is 0 Å². The molecule has 0 fully saturated rings. The molecule has 2 rings (SSSR count). The van der Waals surface area contributed by atoms with E-state index in [4.69, 9.17) is 4.74 Å². The van der Waals surface area contributed by atoms with Crippen LogP contribution in [0.1, 0.15) is 17.5 Å². The van der Waals surface area contributed by atoms with Gasteiger partial charge in [0.1, 0.15) is 10.8 Å². The Bertz CT molecular complexity index is 569. The fraction of sp³-hybridized carbons (Fsp3) is 0.308. The van der Waals surface area contributed by atoms with Gasteiger partial charge in [-0.3, -0.25) is 10.1 Å². The zero-order valence-electron chi connectivity index (χ0n) is 10.8. The summed E-state index contributed by atoms with van der Waals surface area (Å²) in [5.74, 6) is 0.459. The first kappa shape index (κ1) is 13.5. The number of nitrogens with one attached hydrogen (secondary N) is 1. The van der Waals surface area contributed by atoms with E-state index in [-0.39, 0.29) is 12.5 Å². The van der Waals surface area contributed by atoms with Crippen LogP contribution >= 0.6 is 11.3 Å². The van der Waals surface area contributed by atoms with Gasteiger partial charge in [-0.05, 0) is 31.0 Å². The molecule has 1 N–H and O–H groups in total. The van der Waals surface area contributed by atoms with E-state index in [2.05, 4.69) is 22.4 Å². The van der Waals surface area contributed by atoms with Gasteiger partial charge in [0, 0.05) is 0 Å². The number of aromatic nitrogens is 2.